The SMILES string of the molecule is COc1ccc(/C=N\NC(=O)CSc2nnc(-c3ccc(Cl)cc3)n2-c2ccc(C)cc2)cc1Br. The number of carbonyl (C=O) groups is 1. The van der Waals surface area contributed by atoms with Gasteiger partial charge in [0.05, 0.1) is 23.5 Å². The lowest BCUT2D eigenvalue weighted by Gasteiger charge is -2.10. The molecule has 1 aromatic heterocycles. The molecule has 1 amide bonds. The van der Waals surface area contributed by atoms with Gasteiger partial charge in [-0.05, 0) is 83.0 Å². The van der Waals surface area contributed by atoms with E-state index < -0.39 is 0 Å². The summed E-state index contributed by atoms with van der Waals surface area (Å²) in [6.07, 6.45) is 1.57. The van der Waals surface area contributed by atoms with Gasteiger partial charge in [0, 0.05) is 16.3 Å². The van der Waals surface area contributed by atoms with Gasteiger partial charge in [0.2, 0.25) is 0 Å². The van der Waals surface area contributed by atoms with E-state index in [0.717, 1.165) is 32.6 Å². The highest BCUT2D eigenvalue weighted by Crippen LogP contribution is 2.29. The number of thioether (sulfide) groups is 1. The molecule has 0 saturated carbocycles. The minimum Gasteiger partial charge on any atom is -0.496 e. The van der Waals surface area contributed by atoms with E-state index >= 15 is 0 Å². The molecule has 7 nitrogen and oxygen atoms in total. The normalized spacial score (nSPS) is 11.1. The molecule has 178 valence electrons. The van der Waals surface area contributed by atoms with Crippen LogP contribution in [0.5, 0.6) is 5.75 Å². The molecule has 0 aliphatic heterocycles. The van der Waals surface area contributed by atoms with Crippen LogP contribution >= 0.6 is 39.3 Å². The van der Waals surface area contributed by atoms with Crippen LogP contribution in [0.25, 0.3) is 17.1 Å². The number of hydrogen-bond donors (Lipinski definition) is 1. The number of hydrogen-bond acceptors (Lipinski definition) is 6. The van der Waals surface area contributed by atoms with Gasteiger partial charge in [-0.2, -0.15) is 5.10 Å². The quantitative estimate of drug-likeness (QED) is 0.162. The van der Waals surface area contributed by atoms with Crippen LogP contribution in [0.2, 0.25) is 5.02 Å². The summed E-state index contributed by atoms with van der Waals surface area (Å²) in [5.41, 5.74) is 6.28. The summed E-state index contributed by atoms with van der Waals surface area (Å²) in [6, 6.07) is 21.0. The first-order valence-corrected chi connectivity index (χ1v) is 12.7. The van der Waals surface area contributed by atoms with Gasteiger partial charge in [0.1, 0.15) is 5.75 Å². The maximum Gasteiger partial charge on any atom is 0.250 e. The predicted octanol–water partition coefficient (Wildman–Crippen LogP) is 5.91. The van der Waals surface area contributed by atoms with E-state index in [2.05, 4.69) is 36.7 Å². The van der Waals surface area contributed by atoms with Crippen molar-refractivity contribution in [3.63, 3.8) is 0 Å². The number of methoxy groups -OCH3 is 1. The fraction of sp³-hybridized carbons (Fsp3) is 0.120. The molecular formula is C25H21BrClN5O2S. The molecule has 0 atom stereocenters. The van der Waals surface area contributed by atoms with Crippen molar-refractivity contribution in [3.05, 3.63) is 87.4 Å². The molecule has 1 N–H and O–H groups in total. The van der Waals surface area contributed by atoms with E-state index in [1.54, 1.807) is 13.3 Å². The van der Waals surface area contributed by atoms with Gasteiger partial charge < -0.3 is 4.74 Å². The second kappa shape index (κ2) is 11.5. The van der Waals surface area contributed by atoms with Gasteiger partial charge in [-0.25, -0.2) is 5.43 Å². The lowest BCUT2D eigenvalue weighted by Crippen LogP contribution is -2.20. The standard InChI is InChI=1S/C25H21BrClN5O2S/c1-16-3-10-20(11-4-16)32-24(18-6-8-19(27)9-7-18)30-31-25(32)35-15-23(33)29-28-14-17-5-12-22(34-2)21(26)13-17/h3-14H,15H2,1-2H3,(H,29,33)/b28-14-. The Bertz CT molecular complexity index is 1360. The van der Waals surface area contributed by atoms with Crippen molar-refractivity contribution >= 4 is 51.4 Å². The van der Waals surface area contributed by atoms with Gasteiger partial charge in [-0.15, -0.1) is 10.2 Å². The zero-order valence-electron chi connectivity index (χ0n) is 18.9. The van der Waals surface area contributed by atoms with E-state index in [4.69, 9.17) is 16.3 Å². The monoisotopic (exact) mass is 569 g/mol. The van der Waals surface area contributed by atoms with Crippen molar-refractivity contribution in [2.24, 2.45) is 5.10 Å². The maximum absolute atomic E-state index is 12.4. The first-order valence-electron chi connectivity index (χ1n) is 10.5. The molecular weight excluding hydrogens is 550 g/mol. The largest absolute Gasteiger partial charge is 0.496 e. The van der Waals surface area contributed by atoms with Crippen molar-refractivity contribution in [3.8, 4) is 22.8 Å². The maximum atomic E-state index is 12.4. The van der Waals surface area contributed by atoms with Gasteiger partial charge in [-0.1, -0.05) is 41.1 Å². The molecule has 0 aliphatic carbocycles. The predicted molar refractivity (Wildman–Crippen MR) is 144 cm³/mol. The van der Waals surface area contributed by atoms with Crippen LogP contribution in [0, 0.1) is 6.92 Å². The molecule has 3 aromatic carbocycles. The van der Waals surface area contributed by atoms with E-state index in [1.165, 1.54) is 11.8 Å². The van der Waals surface area contributed by atoms with Crippen molar-refractivity contribution in [2.75, 3.05) is 12.9 Å². The van der Waals surface area contributed by atoms with Gasteiger partial charge in [-0.3, -0.25) is 9.36 Å². The molecule has 0 unspecified atom stereocenters. The summed E-state index contributed by atoms with van der Waals surface area (Å²) in [7, 11) is 1.60. The van der Waals surface area contributed by atoms with Gasteiger partial charge in [0.15, 0.2) is 11.0 Å². The zero-order chi connectivity index (χ0) is 24.8. The van der Waals surface area contributed by atoms with Crippen molar-refractivity contribution < 1.29 is 9.53 Å². The summed E-state index contributed by atoms with van der Waals surface area (Å²) in [4.78, 5) is 12.4. The van der Waals surface area contributed by atoms with Crippen LogP contribution in [0.3, 0.4) is 0 Å². The van der Waals surface area contributed by atoms with Crippen LogP contribution in [-0.4, -0.2) is 39.7 Å². The fourth-order valence-electron chi connectivity index (χ4n) is 3.18. The Hall–Kier alpha value is -3.14. The molecule has 1 heterocycles. The van der Waals surface area contributed by atoms with Crippen molar-refractivity contribution in [1.29, 1.82) is 0 Å². The minimum atomic E-state index is -0.259. The molecule has 0 fully saturated rings. The zero-order valence-corrected chi connectivity index (χ0v) is 22.1. The third kappa shape index (κ3) is 6.30. The highest BCUT2D eigenvalue weighted by atomic mass is 79.9. The van der Waals surface area contributed by atoms with Crippen LogP contribution in [0.15, 0.2) is 81.5 Å². The summed E-state index contributed by atoms with van der Waals surface area (Å²) < 4.78 is 7.95. The van der Waals surface area contributed by atoms with Crippen LogP contribution < -0.4 is 10.2 Å². The number of aryl methyl sites for hydroxylation is 1. The summed E-state index contributed by atoms with van der Waals surface area (Å²) >= 11 is 10.8. The Balaban J connectivity index is 1.48. The van der Waals surface area contributed by atoms with E-state index in [0.29, 0.717) is 16.0 Å². The first-order chi connectivity index (χ1) is 16.9. The smallest absolute Gasteiger partial charge is 0.250 e. The third-order valence-corrected chi connectivity index (χ3v) is 6.74. The molecule has 0 aliphatic rings. The highest BCUT2D eigenvalue weighted by molar-refractivity contribution is 9.10. The molecule has 0 radical (unpaired) electrons. The Labute approximate surface area is 220 Å². The second-order valence-corrected chi connectivity index (χ2v) is 9.69. The summed E-state index contributed by atoms with van der Waals surface area (Å²) in [5.74, 6) is 1.24. The molecule has 0 spiro atoms. The number of hydrazone groups is 1. The van der Waals surface area contributed by atoms with E-state index in [1.807, 2.05) is 78.2 Å². The number of benzene rings is 3. The number of ether oxygens (including phenoxy) is 1. The Kier molecular flexibility index (Phi) is 8.22. The number of aromatic nitrogens is 3. The number of rotatable bonds is 8. The number of carbonyl (C=O) groups excluding carboxylic acids is 1. The molecule has 35 heavy (non-hydrogen) atoms. The first kappa shape index (κ1) is 25.0. The Morgan fingerprint density at radius 1 is 1.14 bits per heavy atom. The Morgan fingerprint density at radius 3 is 2.57 bits per heavy atom. The van der Waals surface area contributed by atoms with Crippen molar-refractivity contribution in [1.82, 2.24) is 20.2 Å². The van der Waals surface area contributed by atoms with Gasteiger partial charge in [0.25, 0.3) is 5.91 Å². The summed E-state index contributed by atoms with van der Waals surface area (Å²) in [6.45, 7) is 2.03. The molecule has 0 bridgehead atoms. The molecule has 4 aromatic rings. The average molecular weight is 571 g/mol. The number of amides is 1. The topological polar surface area (TPSA) is 81.4 Å². The lowest BCUT2D eigenvalue weighted by molar-refractivity contribution is -0.118. The molecule has 4 rings (SSSR count). The average Bonchev–Trinajstić information content (AvgIpc) is 3.28. The van der Waals surface area contributed by atoms with Gasteiger partial charge >= 0.3 is 0 Å². The van der Waals surface area contributed by atoms with Crippen LogP contribution in [0.1, 0.15) is 11.1 Å². The fourth-order valence-corrected chi connectivity index (χ4v) is 4.61. The summed E-state index contributed by atoms with van der Waals surface area (Å²) in [5, 5.41) is 14.0. The highest BCUT2D eigenvalue weighted by Gasteiger charge is 2.17. The second-order valence-electron chi connectivity index (χ2n) is 7.46. The lowest BCUT2D eigenvalue weighted by atomic mass is 10.2. The molecule has 10 heteroatoms. The number of nitrogens with one attached hydrogen (secondary N) is 1. The minimum absolute atomic E-state index is 0.119. The third-order valence-electron chi connectivity index (χ3n) is 4.94. The van der Waals surface area contributed by atoms with E-state index in [9.17, 15) is 4.79 Å². The van der Waals surface area contributed by atoms with Crippen LogP contribution in [-0.2, 0) is 4.79 Å². The van der Waals surface area contributed by atoms with E-state index in [-0.39, 0.29) is 11.7 Å². The Morgan fingerprint density at radius 2 is 1.89 bits per heavy atom. The number of halogens is 2. The van der Waals surface area contributed by atoms with Crippen molar-refractivity contribution in [2.45, 2.75) is 12.1 Å². The number of nitrogens with zero attached hydrogens (tertiary/aromatic N) is 4. The van der Waals surface area contributed by atoms with Crippen LogP contribution in [0.4, 0.5) is 0 Å². The molecule has 0 saturated heterocycles.